The molecule has 0 aliphatic carbocycles. The first-order valence-corrected chi connectivity index (χ1v) is 12.3. The van der Waals surface area contributed by atoms with Crippen molar-refractivity contribution in [2.75, 3.05) is 24.5 Å². The summed E-state index contributed by atoms with van der Waals surface area (Å²) in [6.07, 6.45) is 9.02. The minimum absolute atomic E-state index is 0.130. The van der Waals surface area contributed by atoms with Gasteiger partial charge in [0.2, 0.25) is 5.91 Å². The van der Waals surface area contributed by atoms with Gasteiger partial charge in [0.1, 0.15) is 12.4 Å². The molecule has 2 aliphatic rings. The van der Waals surface area contributed by atoms with E-state index in [9.17, 15) is 4.79 Å². The Morgan fingerprint density at radius 2 is 1.68 bits per heavy atom. The van der Waals surface area contributed by atoms with E-state index >= 15 is 0 Å². The number of para-hydroxylation sites is 2. The number of quaternary nitrogens is 1. The van der Waals surface area contributed by atoms with Crippen molar-refractivity contribution in [1.82, 2.24) is 14.3 Å². The molecule has 2 aromatic heterocycles. The van der Waals surface area contributed by atoms with Gasteiger partial charge in [-0.15, -0.1) is 0 Å². The van der Waals surface area contributed by atoms with Crippen LogP contribution in [-0.2, 0) is 17.8 Å². The lowest BCUT2D eigenvalue weighted by molar-refractivity contribution is -0.919. The van der Waals surface area contributed by atoms with Crippen LogP contribution in [0.3, 0.4) is 0 Å². The zero-order valence-electron chi connectivity index (χ0n) is 19.3. The Labute approximate surface area is 200 Å². The fourth-order valence-electron chi connectivity index (χ4n) is 5.52. The zero-order chi connectivity index (χ0) is 22.9. The van der Waals surface area contributed by atoms with Crippen molar-refractivity contribution in [3.05, 3.63) is 96.4 Å². The molecule has 2 aliphatic heterocycles. The molecule has 4 aromatic rings. The highest BCUT2D eigenvalue weighted by Gasteiger charge is 2.34. The second-order valence-corrected chi connectivity index (χ2v) is 9.40. The average Bonchev–Trinajstić information content (AvgIpc) is 3.64. The summed E-state index contributed by atoms with van der Waals surface area (Å²) in [5.74, 6) is 1.54. The number of likely N-dealkylation sites (tertiary alicyclic amines) is 1. The van der Waals surface area contributed by atoms with E-state index in [1.54, 1.807) is 0 Å². The van der Waals surface area contributed by atoms with E-state index in [0.717, 1.165) is 62.6 Å². The molecule has 6 heteroatoms. The van der Waals surface area contributed by atoms with E-state index in [1.807, 2.05) is 52.2 Å². The van der Waals surface area contributed by atoms with Gasteiger partial charge in [-0.2, -0.15) is 5.10 Å². The molecule has 1 fully saturated rings. The van der Waals surface area contributed by atoms with Crippen LogP contribution >= 0.6 is 0 Å². The molecule has 0 bridgehead atoms. The Morgan fingerprint density at radius 3 is 2.47 bits per heavy atom. The third-order valence-corrected chi connectivity index (χ3v) is 7.30. The molecular weight excluding hydrogens is 422 g/mol. The minimum Gasteiger partial charge on any atom is -0.331 e. The summed E-state index contributed by atoms with van der Waals surface area (Å²) in [6, 6.07) is 22.7. The molecule has 0 atom stereocenters. The lowest BCUT2D eigenvalue weighted by Gasteiger charge is -2.31. The number of rotatable bonds is 5. The zero-order valence-corrected chi connectivity index (χ0v) is 19.3. The second kappa shape index (κ2) is 8.95. The van der Waals surface area contributed by atoms with Crippen LogP contribution in [0.5, 0.6) is 0 Å². The molecule has 4 heterocycles. The third-order valence-electron chi connectivity index (χ3n) is 7.30. The van der Waals surface area contributed by atoms with Crippen LogP contribution in [0.1, 0.15) is 24.0 Å². The van der Waals surface area contributed by atoms with E-state index < -0.39 is 0 Å². The number of carbonyl (C=O) groups excluding carboxylic acids is 1. The molecule has 1 N–H and O–H groups in total. The third kappa shape index (κ3) is 3.84. The average molecular weight is 453 g/mol. The number of nitrogens with one attached hydrogen (secondary N) is 1. The van der Waals surface area contributed by atoms with Crippen molar-refractivity contribution in [1.29, 1.82) is 0 Å². The second-order valence-electron chi connectivity index (χ2n) is 9.40. The number of piperidine rings is 1. The van der Waals surface area contributed by atoms with Gasteiger partial charge < -0.3 is 14.4 Å². The summed E-state index contributed by atoms with van der Waals surface area (Å²) in [7, 11) is 0. The number of hydrogen-bond acceptors (Lipinski definition) is 2. The number of nitrogens with zero attached hydrogens (tertiary/aromatic N) is 4. The number of hydrogen-bond donors (Lipinski definition) is 1. The van der Waals surface area contributed by atoms with Crippen molar-refractivity contribution in [2.45, 2.75) is 25.8 Å². The molecule has 34 heavy (non-hydrogen) atoms. The van der Waals surface area contributed by atoms with Crippen LogP contribution in [-0.4, -0.2) is 39.9 Å². The van der Waals surface area contributed by atoms with Crippen LogP contribution in [0.25, 0.3) is 11.5 Å². The highest BCUT2D eigenvalue weighted by atomic mass is 16.2. The fraction of sp³-hybridized carbons (Fsp3) is 0.286. The minimum atomic E-state index is 0.130. The molecular formula is C28H30N5O+. The molecule has 0 spiro atoms. The summed E-state index contributed by atoms with van der Waals surface area (Å²) in [5.41, 5.74) is 4.70. The maximum atomic E-state index is 13.3. The lowest BCUT2D eigenvalue weighted by atomic mass is 9.95. The maximum Gasteiger partial charge on any atom is 0.230 e. The lowest BCUT2D eigenvalue weighted by Crippen LogP contribution is -3.11. The van der Waals surface area contributed by atoms with Gasteiger partial charge in [-0.1, -0.05) is 36.4 Å². The van der Waals surface area contributed by atoms with Crippen LogP contribution < -0.4 is 9.80 Å². The van der Waals surface area contributed by atoms with Crippen molar-refractivity contribution in [2.24, 2.45) is 5.92 Å². The van der Waals surface area contributed by atoms with E-state index in [-0.39, 0.29) is 5.92 Å². The summed E-state index contributed by atoms with van der Waals surface area (Å²) in [5, 5.41) is 4.75. The highest BCUT2D eigenvalue weighted by Crippen LogP contribution is 2.30. The number of anilines is 1. The van der Waals surface area contributed by atoms with E-state index in [2.05, 4.69) is 47.3 Å². The fourth-order valence-corrected chi connectivity index (χ4v) is 5.52. The SMILES string of the molecule is O=C(C1CC[NH+](Cc2cnn(-c3ccccc3)c2-n2cccc2)CC1)N1CCc2ccccc21. The Hall–Kier alpha value is -3.64. The Bertz CT molecular complexity index is 1270. The smallest absolute Gasteiger partial charge is 0.230 e. The standard InChI is InChI=1S/C28H29N5O/c34-28(32-19-14-22-8-4-5-11-26(22)32)23-12-17-30(18-13-23)21-24-20-29-33(25-9-2-1-3-10-25)27(24)31-15-6-7-16-31/h1-11,15-16,20,23H,12-14,17-19,21H2/p+1. The Morgan fingerprint density at radius 1 is 0.941 bits per heavy atom. The predicted molar refractivity (Wildman–Crippen MR) is 133 cm³/mol. The van der Waals surface area contributed by atoms with Gasteiger partial charge in [-0.3, -0.25) is 4.79 Å². The van der Waals surface area contributed by atoms with Gasteiger partial charge in [-0.25, -0.2) is 4.68 Å². The quantitative estimate of drug-likeness (QED) is 0.506. The first-order chi connectivity index (χ1) is 16.8. The first-order valence-electron chi connectivity index (χ1n) is 12.3. The predicted octanol–water partition coefficient (Wildman–Crippen LogP) is 3.05. The van der Waals surface area contributed by atoms with Crippen LogP contribution in [0.4, 0.5) is 5.69 Å². The van der Waals surface area contributed by atoms with Gasteiger partial charge in [0, 0.05) is 43.4 Å². The Kier molecular flexibility index (Phi) is 5.51. The van der Waals surface area contributed by atoms with Crippen LogP contribution in [0, 0.1) is 5.92 Å². The number of fused-ring (bicyclic) bond motifs is 1. The van der Waals surface area contributed by atoms with Gasteiger partial charge in [-0.05, 0) is 42.3 Å². The van der Waals surface area contributed by atoms with Crippen molar-refractivity contribution < 1.29 is 9.69 Å². The van der Waals surface area contributed by atoms with Gasteiger partial charge >= 0.3 is 0 Å². The topological polar surface area (TPSA) is 47.5 Å². The molecule has 172 valence electrons. The Balaban J connectivity index is 1.16. The number of aromatic nitrogens is 3. The van der Waals surface area contributed by atoms with Crippen molar-refractivity contribution in [3.8, 4) is 11.5 Å². The summed E-state index contributed by atoms with van der Waals surface area (Å²) < 4.78 is 4.17. The highest BCUT2D eigenvalue weighted by molar-refractivity contribution is 5.97. The number of amides is 1. The maximum absolute atomic E-state index is 13.3. The largest absolute Gasteiger partial charge is 0.331 e. The van der Waals surface area contributed by atoms with Gasteiger partial charge in [0.25, 0.3) is 0 Å². The molecule has 6 rings (SSSR count). The normalized spacial score (nSPS) is 19.8. The molecule has 2 aromatic carbocycles. The molecule has 1 saturated heterocycles. The number of benzene rings is 2. The molecule has 0 radical (unpaired) electrons. The van der Waals surface area contributed by atoms with Crippen molar-refractivity contribution in [3.63, 3.8) is 0 Å². The monoisotopic (exact) mass is 452 g/mol. The van der Waals surface area contributed by atoms with Crippen molar-refractivity contribution >= 4 is 11.6 Å². The van der Waals surface area contributed by atoms with Gasteiger partial charge in [0.15, 0.2) is 0 Å². The van der Waals surface area contributed by atoms with Gasteiger partial charge in [0.05, 0.1) is 30.5 Å². The van der Waals surface area contributed by atoms with E-state index in [0.29, 0.717) is 5.91 Å². The summed E-state index contributed by atoms with van der Waals surface area (Å²) in [6.45, 7) is 3.75. The molecule has 1 amide bonds. The van der Waals surface area contributed by atoms with Crippen LogP contribution in [0.2, 0.25) is 0 Å². The molecule has 6 nitrogen and oxygen atoms in total. The summed E-state index contributed by atoms with van der Waals surface area (Å²) >= 11 is 0. The molecule has 0 saturated carbocycles. The van der Waals surface area contributed by atoms with Crippen LogP contribution in [0.15, 0.2) is 85.3 Å². The van der Waals surface area contributed by atoms with E-state index in [1.165, 1.54) is 16.0 Å². The van der Waals surface area contributed by atoms with E-state index in [4.69, 9.17) is 5.10 Å². The first kappa shape index (κ1) is 20.9. The molecule has 0 unspecified atom stereocenters. The summed E-state index contributed by atoms with van der Waals surface area (Å²) in [4.78, 5) is 16.8. The number of carbonyl (C=O) groups is 1.